The van der Waals surface area contributed by atoms with Crippen molar-refractivity contribution in [2.75, 3.05) is 25.7 Å². The van der Waals surface area contributed by atoms with Gasteiger partial charge in [-0.25, -0.2) is 26.8 Å². The highest BCUT2D eigenvalue weighted by atomic mass is 32.2. The molecule has 0 fully saturated rings. The fourth-order valence-electron chi connectivity index (χ4n) is 2.36. The number of hydrogen-bond donors (Lipinski definition) is 2. The Morgan fingerprint density at radius 2 is 1.29 bits per heavy atom. The number of nitrogens with one attached hydrogen (secondary N) is 2. The largest absolute Gasteiger partial charge is 0.319 e. The van der Waals surface area contributed by atoms with Crippen LogP contribution in [0.25, 0.3) is 0 Å². The average Bonchev–Trinajstić information content (AvgIpc) is 3.26. The Bertz CT molecular complexity index is 884. The highest BCUT2D eigenvalue weighted by molar-refractivity contribution is 7.91. The van der Waals surface area contributed by atoms with Crippen LogP contribution < -0.4 is 0 Å². The van der Waals surface area contributed by atoms with Crippen LogP contribution in [0.3, 0.4) is 0 Å². The van der Waals surface area contributed by atoms with Crippen LogP contribution in [0, 0.1) is 0 Å². The topological polar surface area (TPSA) is 187 Å². The minimum absolute atomic E-state index is 0.0143. The Morgan fingerprint density at radius 1 is 0.893 bits per heavy atom. The summed E-state index contributed by atoms with van der Waals surface area (Å²) in [6.45, 7) is -0.332. The molecule has 2 unspecified atom stereocenters. The molecular weight excluding hydrogens is 435 g/mol. The Kier molecular flexibility index (Phi) is 7.83. The molecule has 0 amide bonds. The van der Waals surface area contributed by atoms with Crippen LogP contribution in [-0.4, -0.2) is 72.9 Å². The predicted molar refractivity (Wildman–Crippen MR) is 98.1 cm³/mol. The molecule has 158 valence electrons. The van der Waals surface area contributed by atoms with E-state index in [1.54, 1.807) is 0 Å². The van der Waals surface area contributed by atoms with Crippen molar-refractivity contribution in [3.63, 3.8) is 0 Å². The lowest BCUT2D eigenvalue weighted by Gasteiger charge is -2.13. The lowest BCUT2D eigenvalue weighted by molar-refractivity contribution is 0.219. The van der Waals surface area contributed by atoms with Gasteiger partial charge in [0.05, 0.1) is 13.2 Å². The van der Waals surface area contributed by atoms with Crippen LogP contribution in [0.15, 0.2) is 12.7 Å². The first-order chi connectivity index (χ1) is 13.1. The third-order valence-corrected chi connectivity index (χ3v) is 7.52. The molecule has 2 aromatic rings. The van der Waals surface area contributed by atoms with Gasteiger partial charge in [0.2, 0.25) is 0 Å². The molecule has 0 radical (unpaired) electrons. The van der Waals surface area contributed by atoms with Crippen molar-refractivity contribution in [1.82, 2.24) is 30.4 Å². The summed E-state index contributed by atoms with van der Waals surface area (Å²) in [5, 5.41) is 10.4. The monoisotopic (exact) mass is 456 g/mol. The SMILES string of the molecule is CS(=O)(=O)C(CCO[PH](=O)OCCC(c1nc[nH]n1)S(C)(=O)=O)c1nc[nH]n1. The maximum absolute atomic E-state index is 11.8. The van der Waals surface area contributed by atoms with Gasteiger partial charge < -0.3 is 9.05 Å². The van der Waals surface area contributed by atoms with E-state index in [1.807, 2.05) is 0 Å². The maximum atomic E-state index is 11.8. The minimum Gasteiger partial charge on any atom is -0.311 e. The first kappa shape index (κ1) is 22.6. The molecule has 0 aliphatic carbocycles. The molecule has 0 bridgehead atoms. The Hall–Kier alpha value is -1.67. The third-order valence-electron chi connectivity index (χ3n) is 3.68. The highest BCUT2D eigenvalue weighted by Crippen LogP contribution is 2.30. The van der Waals surface area contributed by atoms with Crippen LogP contribution in [0.5, 0.6) is 0 Å². The summed E-state index contributed by atoms with van der Waals surface area (Å²) in [7, 11) is -9.94. The van der Waals surface area contributed by atoms with Crippen LogP contribution in [0.4, 0.5) is 0 Å². The number of sulfone groups is 2. The number of rotatable bonds is 12. The summed E-state index contributed by atoms with van der Waals surface area (Å²) >= 11 is 0. The van der Waals surface area contributed by atoms with Crippen LogP contribution >= 0.6 is 8.25 Å². The van der Waals surface area contributed by atoms with Crippen LogP contribution in [0.1, 0.15) is 35.0 Å². The third kappa shape index (κ3) is 6.74. The molecular formula is C12H21N6O7PS2. The van der Waals surface area contributed by atoms with Gasteiger partial charge in [-0.05, 0) is 12.8 Å². The zero-order chi connectivity index (χ0) is 20.8. The molecule has 16 heteroatoms. The van der Waals surface area contributed by atoms with Gasteiger partial charge in [0.15, 0.2) is 31.3 Å². The van der Waals surface area contributed by atoms with E-state index in [1.165, 1.54) is 12.7 Å². The summed E-state index contributed by atoms with van der Waals surface area (Å²) in [6, 6.07) is 0. The second-order valence-corrected chi connectivity index (χ2v) is 11.4. The van der Waals surface area contributed by atoms with Gasteiger partial charge in [0.1, 0.15) is 23.2 Å². The number of hydrogen-bond acceptors (Lipinski definition) is 11. The second-order valence-electron chi connectivity index (χ2n) is 5.88. The molecule has 0 spiro atoms. The van der Waals surface area contributed by atoms with Gasteiger partial charge in [-0.15, -0.1) is 0 Å². The minimum atomic E-state index is -3.50. The van der Waals surface area contributed by atoms with E-state index in [9.17, 15) is 21.4 Å². The van der Waals surface area contributed by atoms with E-state index in [2.05, 4.69) is 30.4 Å². The molecule has 0 aliphatic heterocycles. The summed E-state index contributed by atoms with van der Waals surface area (Å²) < 4.78 is 69.3. The van der Waals surface area contributed by atoms with Crippen molar-refractivity contribution in [2.24, 2.45) is 0 Å². The number of nitrogens with zero attached hydrogens (tertiary/aromatic N) is 4. The standard InChI is InChI=1S/C12H21N6O7PS2/c1-27(20,21)9(11-13-7-15-17-11)3-5-24-26(19)25-6-4-10(28(2,22)23)12-14-8-16-18-12/h7-10,26H,3-6H2,1-2H3,(H,13,15,17)(H,14,16,18). The highest BCUT2D eigenvalue weighted by Gasteiger charge is 2.27. The Balaban J connectivity index is 1.81. The van der Waals surface area contributed by atoms with Gasteiger partial charge in [0.25, 0.3) is 0 Å². The lowest BCUT2D eigenvalue weighted by atomic mass is 10.3. The van der Waals surface area contributed by atoms with Gasteiger partial charge in [-0.3, -0.25) is 14.8 Å². The first-order valence-corrected chi connectivity index (χ1v) is 13.1. The zero-order valence-corrected chi connectivity index (χ0v) is 17.7. The van der Waals surface area contributed by atoms with Crippen LogP contribution in [0.2, 0.25) is 0 Å². The van der Waals surface area contributed by atoms with Crippen molar-refractivity contribution in [1.29, 1.82) is 0 Å². The smallest absolute Gasteiger partial charge is 0.311 e. The van der Waals surface area contributed by atoms with Crippen molar-refractivity contribution in [3.05, 3.63) is 24.3 Å². The predicted octanol–water partition coefficient (Wildman–Crippen LogP) is -0.00250. The summed E-state index contributed by atoms with van der Waals surface area (Å²) in [6.07, 6.45) is 4.57. The maximum Gasteiger partial charge on any atom is 0.319 e. The second kappa shape index (κ2) is 9.69. The molecule has 2 N–H and O–H groups in total. The van der Waals surface area contributed by atoms with Crippen molar-refractivity contribution in [3.8, 4) is 0 Å². The molecule has 2 rings (SSSR count). The van der Waals surface area contributed by atoms with E-state index >= 15 is 0 Å². The van der Waals surface area contributed by atoms with E-state index < -0.39 is 38.4 Å². The molecule has 2 atom stereocenters. The van der Waals surface area contributed by atoms with Crippen molar-refractivity contribution >= 4 is 27.9 Å². The first-order valence-electron chi connectivity index (χ1n) is 7.97. The van der Waals surface area contributed by atoms with Gasteiger partial charge in [-0.2, -0.15) is 10.2 Å². The molecule has 0 aliphatic rings. The molecule has 28 heavy (non-hydrogen) atoms. The summed E-state index contributed by atoms with van der Waals surface area (Å²) in [5.74, 6) is 0.184. The summed E-state index contributed by atoms with van der Waals surface area (Å²) in [5.41, 5.74) is 0. The lowest BCUT2D eigenvalue weighted by Crippen LogP contribution is -2.15. The average molecular weight is 456 g/mol. The van der Waals surface area contributed by atoms with E-state index in [-0.39, 0.29) is 37.7 Å². The fraction of sp³-hybridized carbons (Fsp3) is 0.667. The fourth-order valence-corrected chi connectivity index (χ4v) is 5.05. The number of H-pyrrole nitrogens is 2. The normalized spacial score (nSPS) is 15.9. The van der Waals surface area contributed by atoms with Crippen molar-refractivity contribution < 1.29 is 30.4 Å². The quantitative estimate of drug-likeness (QED) is 0.409. The molecule has 0 aromatic carbocycles. The molecule has 0 saturated carbocycles. The molecule has 2 aromatic heterocycles. The number of aromatic amines is 2. The molecule has 2 heterocycles. The Morgan fingerprint density at radius 3 is 1.57 bits per heavy atom. The van der Waals surface area contributed by atoms with E-state index in [0.717, 1.165) is 12.5 Å². The van der Waals surface area contributed by atoms with Gasteiger partial charge in [0, 0.05) is 12.5 Å². The number of aromatic nitrogens is 6. The molecule has 0 saturated heterocycles. The van der Waals surface area contributed by atoms with Gasteiger partial charge in [-0.1, -0.05) is 0 Å². The molecule has 13 nitrogen and oxygen atoms in total. The summed E-state index contributed by atoms with van der Waals surface area (Å²) in [4.78, 5) is 7.65. The zero-order valence-electron chi connectivity index (χ0n) is 15.1. The van der Waals surface area contributed by atoms with Gasteiger partial charge >= 0.3 is 8.25 Å². The van der Waals surface area contributed by atoms with E-state index in [0.29, 0.717) is 0 Å². The van der Waals surface area contributed by atoms with Crippen molar-refractivity contribution in [2.45, 2.75) is 23.3 Å². The Labute approximate surface area is 162 Å². The van der Waals surface area contributed by atoms with E-state index in [4.69, 9.17) is 9.05 Å². The van der Waals surface area contributed by atoms with Crippen LogP contribution in [-0.2, 0) is 33.3 Å².